The Morgan fingerprint density at radius 1 is 0.259 bits per heavy atom. The second-order valence-electron chi connectivity index (χ2n) is 22.7. The summed E-state index contributed by atoms with van der Waals surface area (Å²) in [6.45, 7) is 6.42. The Kier molecular flexibility index (Phi) is 65.2. The maximum absolute atomic E-state index is 12.9. The summed E-state index contributed by atoms with van der Waals surface area (Å²) in [7, 11) is 0. The molecule has 81 heavy (non-hydrogen) atoms. The normalized spacial score (nSPS) is 12.8. The predicted molar refractivity (Wildman–Crippen MR) is 353 cm³/mol. The van der Waals surface area contributed by atoms with Gasteiger partial charge in [-0.3, -0.25) is 14.4 Å². The molecular weight excluding hydrogens is 997 g/mol. The summed E-state index contributed by atoms with van der Waals surface area (Å²) in [5.74, 6) is -0.874. The van der Waals surface area contributed by atoms with E-state index in [1.165, 1.54) is 167 Å². The molecule has 0 heterocycles. The number of hydrogen-bond acceptors (Lipinski definition) is 6. The van der Waals surface area contributed by atoms with Crippen LogP contribution in [0, 0.1) is 0 Å². The highest BCUT2D eigenvalue weighted by Crippen LogP contribution is 2.17. The van der Waals surface area contributed by atoms with Gasteiger partial charge >= 0.3 is 17.9 Å². The van der Waals surface area contributed by atoms with Gasteiger partial charge in [0, 0.05) is 19.3 Å². The molecular formula is C75H128O6. The molecule has 0 spiro atoms. The second kappa shape index (κ2) is 68.6. The zero-order valence-electron chi connectivity index (χ0n) is 53.3. The summed E-state index contributed by atoms with van der Waals surface area (Å²) in [4.78, 5) is 38.3. The van der Waals surface area contributed by atoms with Crippen LogP contribution in [0.15, 0.2) is 109 Å². The highest BCUT2D eigenvalue weighted by molar-refractivity contribution is 5.71. The van der Waals surface area contributed by atoms with Crippen LogP contribution in [0.1, 0.15) is 329 Å². The minimum absolute atomic E-state index is 0.0772. The molecule has 0 fully saturated rings. The molecule has 0 aliphatic heterocycles. The largest absolute Gasteiger partial charge is 0.462 e. The van der Waals surface area contributed by atoms with E-state index in [1.807, 2.05) is 0 Å². The highest BCUT2D eigenvalue weighted by Gasteiger charge is 2.19. The fraction of sp³-hybridized carbons (Fsp3) is 0.720. The molecule has 0 aromatic heterocycles. The number of carbonyl (C=O) groups excluding carboxylic acids is 3. The van der Waals surface area contributed by atoms with Gasteiger partial charge in [0.15, 0.2) is 6.10 Å². The summed E-state index contributed by atoms with van der Waals surface area (Å²) in [5, 5.41) is 0. The van der Waals surface area contributed by atoms with Crippen LogP contribution in [-0.4, -0.2) is 37.2 Å². The van der Waals surface area contributed by atoms with Crippen molar-refractivity contribution in [1.29, 1.82) is 0 Å². The molecule has 0 saturated carbocycles. The molecule has 0 aliphatic carbocycles. The molecule has 0 aromatic carbocycles. The lowest BCUT2D eigenvalue weighted by molar-refractivity contribution is -0.167. The lowest BCUT2D eigenvalue weighted by Crippen LogP contribution is -2.30. The summed E-state index contributed by atoms with van der Waals surface area (Å²) in [6.07, 6.45) is 94.1. The number of esters is 3. The van der Waals surface area contributed by atoms with Gasteiger partial charge in [-0.05, 0) is 103 Å². The quantitative estimate of drug-likeness (QED) is 0.0261. The van der Waals surface area contributed by atoms with Crippen LogP contribution >= 0.6 is 0 Å². The minimum Gasteiger partial charge on any atom is -0.462 e. The van der Waals surface area contributed by atoms with E-state index in [0.29, 0.717) is 19.3 Å². The van der Waals surface area contributed by atoms with Crippen molar-refractivity contribution in [3.63, 3.8) is 0 Å². The summed E-state index contributed by atoms with van der Waals surface area (Å²) in [5.41, 5.74) is 0. The van der Waals surface area contributed by atoms with E-state index in [0.717, 1.165) is 122 Å². The first kappa shape index (κ1) is 77.1. The molecule has 0 saturated heterocycles. The highest BCUT2D eigenvalue weighted by atomic mass is 16.6. The number of unbranched alkanes of at least 4 members (excludes halogenated alkanes) is 33. The molecule has 6 heteroatoms. The van der Waals surface area contributed by atoms with Gasteiger partial charge in [0.25, 0.3) is 0 Å². The smallest absolute Gasteiger partial charge is 0.306 e. The summed E-state index contributed by atoms with van der Waals surface area (Å²) < 4.78 is 16.9. The first-order valence-electron chi connectivity index (χ1n) is 34.4. The number of ether oxygens (including phenoxy) is 3. The van der Waals surface area contributed by atoms with Crippen LogP contribution in [0.2, 0.25) is 0 Å². The van der Waals surface area contributed by atoms with Gasteiger partial charge in [-0.25, -0.2) is 0 Å². The molecule has 0 rings (SSSR count). The van der Waals surface area contributed by atoms with Crippen LogP contribution in [0.5, 0.6) is 0 Å². The monoisotopic (exact) mass is 1120 g/mol. The van der Waals surface area contributed by atoms with E-state index in [1.54, 1.807) is 0 Å². The molecule has 1 atom stereocenters. The van der Waals surface area contributed by atoms with Crippen LogP contribution in [0.3, 0.4) is 0 Å². The van der Waals surface area contributed by atoms with Crippen LogP contribution in [0.25, 0.3) is 0 Å². The first-order valence-corrected chi connectivity index (χ1v) is 34.4. The fourth-order valence-electron chi connectivity index (χ4n) is 9.70. The second-order valence-corrected chi connectivity index (χ2v) is 22.7. The molecule has 0 bridgehead atoms. The van der Waals surface area contributed by atoms with Gasteiger partial charge in [0.05, 0.1) is 0 Å². The zero-order chi connectivity index (χ0) is 58.5. The molecule has 1 unspecified atom stereocenters. The van der Waals surface area contributed by atoms with Gasteiger partial charge < -0.3 is 14.2 Å². The third-order valence-electron chi connectivity index (χ3n) is 14.8. The lowest BCUT2D eigenvalue weighted by Gasteiger charge is -2.18. The molecule has 464 valence electrons. The Balaban J connectivity index is 4.17. The van der Waals surface area contributed by atoms with E-state index in [2.05, 4.69) is 130 Å². The maximum Gasteiger partial charge on any atom is 0.306 e. The Bertz CT molecular complexity index is 1620. The fourth-order valence-corrected chi connectivity index (χ4v) is 9.70. The van der Waals surface area contributed by atoms with Crippen molar-refractivity contribution >= 4 is 17.9 Å². The number of allylic oxidation sites excluding steroid dienone is 18. The van der Waals surface area contributed by atoms with Crippen molar-refractivity contribution in [1.82, 2.24) is 0 Å². The Morgan fingerprint density at radius 2 is 0.481 bits per heavy atom. The van der Waals surface area contributed by atoms with Crippen molar-refractivity contribution < 1.29 is 28.6 Å². The van der Waals surface area contributed by atoms with E-state index in [9.17, 15) is 14.4 Å². The summed E-state index contributed by atoms with van der Waals surface area (Å²) in [6, 6.07) is 0. The topological polar surface area (TPSA) is 78.9 Å². The average molecular weight is 1130 g/mol. The number of carbonyl (C=O) groups is 3. The number of rotatable bonds is 62. The third-order valence-corrected chi connectivity index (χ3v) is 14.8. The van der Waals surface area contributed by atoms with Crippen molar-refractivity contribution in [2.45, 2.75) is 335 Å². The summed E-state index contributed by atoms with van der Waals surface area (Å²) >= 11 is 0. The van der Waals surface area contributed by atoms with Gasteiger partial charge in [0.2, 0.25) is 0 Å². The molecule has 6 nitrogen and oxygen atoms in total. The van der Waals surface area contributed by atoms with Gasteiger partial charge in [-0.1, -0.05) is 316 Å². The van der Waals surface area contributed by atoms with Gasteiger partial charge in [0.1, 0.15) is 13.2 Å². The minimum atomic E-state index is -0.780. The average Bonchev–Trinajstić information content (AvgIpc) is 3.47. The Labute approximate surface area is 501 Å². The third kappa shape index (κ3) is 66.8. The van der Waals surface area contributed by atoms with E-state index in [-0.39, 0.29) is 31.1 Å². The van der Waals surface area contributed by atoms with Crippen LogP contribution < -0.4 is 0 Å². The molecule has 0 aliphatic rings. The van der Waals surface area contributed by atoms with E-state index >= 15 is 0 Å². The van der Waals surface area contributed by atoms with Crippen molar-refractivity contribution in [3.8, 4) is 0 Å². The van der Waals surface area contributed by atoms with Gasteiger partial charge in [-0.2, -0.15) is 0 Å². The van der Waals surface area contributed by atoms with Crippen molar-refractivity contribution in [2.24, 2.45) is 0 Å². The zero-order valence-corrected chi connectivity index (χ0v) is 53.3. The maximum atomic E-state index is 12.9. The number of hydrogen-bond donors (Lipinski definition) is 0. The molecule has 0 radical (unpaired) electrons. The van der Waals surface area contributed by atoms with Crippen molar-refractivity contribution in [2.75, 3.05) is 13.2 Å². The van der Waals surface area contributed by atoms with E-state index < -0.39 is 6.10 Å². The Hall–Kier alpha value is -3.93. The van der Waals surface area contributed by atoms with Crippen molar-refractivity contribution in [3.05, 3.63) is 109 Å². The lowest BCUT2D eigenvalue weighted by atomic mass is 10.0. The standard InChI is InChI=1S/C75H128O6/c1-4-7-10-13-16-19-21-23-25-27-29-31-33-35-36-37-38-40-41-43-45-47-49-51-53-56-59-62-65-68-74(77)80-71-72(70-79-73(76)67-64-61-58-55-18-15-12-9-6-3)81-75(78)69-66-63-60-57-54-52-50-48-46-44-42-39-34-32-30-28-26-24-22-20-17-14-11-8-5-2/h7-8,10-11,16-17,19-20,23-26,29-32,39,42,72H,4-6,9,12-15,18,21-22,27-28,33-38,40-41,43-71H2,1-3H3/b10-7-,11-8-,19-16-,20-17-,25-23-,26-24-,31-29-,32-30-,42-39-. The SMILES string of the molecule is CC/C=C\C/C=C\C/C=C\C/C=C\C/C=C\CCCCCCCCCCCC(=O)OC(COC(=O)CCCCCCCCCCC)COC(=O)CCCCCCCCCCCCCCCCCC/C=C\C/C=C\C/C=C\C/C=C\CC. The molecule has 0 amide bonds. The first-order chi connectivity index (χ1) is 40.0. The Morgan fingerprint density at radius 3 is 0.753 bits per heavy atom. The predicted octanol–water partition coefficient (Wildman–Crippen LogP) is 23.8. The molecule has 0 aromatic rings. The van der Waals surface area contributed by atoms with Crippen LogP contribution in [-0.2, 0) is 28.6 Å². The van der Waals surface area contributed by atoms with Crippen LogP contribution in [0.4, 0.5) is 0 Å². The van der Waals surface area contributed by atoms with E-state index in [4.69, 9.17) is 14.2 Å². The molecule has 0 N–H and O–H groups in total. The van der Waals surface area contributed by atoms with Gasteiger partial charge in [-0.15, -0.1) is 0 Å².